The van der Waals surface area contributed by atoms with Gasteiger partial charge in [-0.2, -0.15) is 0 Å². The number of nitrogens with zero attached hydrogens (tertiary/aromatic N) is 3. The number of aliphatic carboxylic acids is 1. The van der Waals surface area contributed by atoms with Crippen molar-refractivity contribution in [1.29, 1.82) is 0 Å². The van der Waals surface area contributed by atoms with E-state index in [1.54, 1.807) is 31.0 Å². The molecule has 2 atom stereocenters. The molecule has 180 valence electrons. The molecular weight excluding hydrogens is 463 g/mol. The average molecular weight is 489 g/mol. The van der Waals surface area contributed by atoms with E-state index in [9.17, 15) is 19.1 Å². The van der Waals surface area contributed by atoms with Crippen molar-refractivity contribution in [3.63, 3.8) is 0 Å². The number of hydrogen-bond acceptors (Lipinski definition) is 9. The van der Waals surface area contributed by atoms with E-state index in [1.165, 1.54) is 23.5 Å². The van der Waals surface area contributed by atoms with Gasteiger partial charge in [0.25, 0.3) is 0 Å². The van der Waals surface area contributed by atoms with E-state index in [0.717, 1.165) is 0 Å². The van der Waals surface area contributed by atoms with E-state index in [2.05, 4.69) is 10.3 Å². The second-order valence-corrected chi connectivity index (χ2v) is 8.75. The van der Waals surface area contributed by atoms with Gasteiger partial charge in [-0.3, -0.25) is 14.7 Å². The maximum absolute atomic E-state index is 13.9. The quantitative estimate of drug-likeness (QED) is 0.571. The number of hydrogen-bond donors (Lipinski definition) is 2. The standard InChI is InChI=1S/C23H25FN4O5S/c1-3-33-23(31)18-16(11-28-7-8-32-12-17(28)22(29)30)26-20(21-25-6-9-34-21)27-19(18)15-5-4-14(24)10-13(15)2/h4-6,9-10,17,19H,3,7-8,11-12H2,1-2H3,(H,26,27)(H,29,30)/t17-,19?/m0/s1. The number of morpholine rings is 1. The molecule has 0 spiro atoms. The number of nitrogens with one attached hydrogen (secondary N) is 1. The van der Waals surface area contributed by atoms with Crippen LogP contribution >= 0.6 is 11.3 Å². The van der Waals surface area contributed by atoms with E-state index >= 15 is 0 Å². The first-order valence-corrected chi connectivity index (χ1v) is 11.7. The summed E-state index contributed by atoms with van der Waals surface area (Å²) in [5.74, 6) is -1.51. The van der Waals surface area contributed by atoms with Crippen molar-refractivity contribution in [1.82, 2.24) is 15.2 Å². The summed E-state index contributed by atoms with van der Waals surface area (Å²) in [6.07, 6.45) is 1.65. The minimum atomic E-state index is -1.01. The molecule has 34 heavy (non-hydrogen) atoms. The molecule has 3 heterocycles. The van der Waals surface area contributed by atoms with Crippen LogP contribution in [0.25, 0.3) is 0 Å². The third-order valence-corrected chi connectivity index (χ3v) is 6.45. The molecule has 1 aromatic heterocycles. The predicted molar refractivity (Wildman–Crippen MR) is 123 cm³/mol. The Labute approximate surface area is 199 Å². The molecule has 2 N–H and O–H groups in total. The number of rotatable bonds is 7. The van der Waals surface area contributed by atoms with Crippen LogP contribution in [-0.4, -0.2) is 71.7 Å². The molecule has 1 aromatic carbocycles. The third-order valence-electron chi connectivity index (χ3n) is 5.67. The van der Waals surface area contributed by atoms with E-state index in [1.807, 2.05) is 5.38 Å². The van der Waals surface area contributed by atoms with Crippen LogP contribution in [-0.2, 0) is 19.1 Å². The van der Waals surface area contributed by atoms with Gasteiger partial charge < -0.3 is 19.9 Å². The Morgan fingerprint density at radius 1 is 1.41 bits per heavy atom. The number of thiazole rings is 1. The second-order valence-electron chi connectivity index (χ2n) is 7.86. The van der Waals surface area contributed by atoms with Crippen molar-refractivity contribution in [2.75, 3.05) is 32.9 Å². The maximum Gasteiger partial charge on any atom is 0.338 e. The number of benzene rings is 1. The maximum atomic E-state index is 13.9. The van der Waals surface area contributed by atoms with E-state index in [4.69, 9.17) is 14.5 Å². The van der Waals surface area contributed by atoms with Crippen LogP contribution in [0.4, 0.5) is 4.39 Å². The van der Waals surface area contributed by atoms with E-state index < -0.39 is 24.0 Å². The molecule has 0 saturated carbocycles. The van der Waals surface area contributed by atoms with Crippen LogP contribution in [0, 0.1) is 12.7 Å². The van der Waals surface area contributed by atoms with Gasteiger partial charge in [0.15, 0.2) is 10.8 Å². The number of amidine groups is 1. The van der Waals surface area contributed by atoms with Crippen LogP contribution < -0.4 is 5.32 Å². The first-order chi connectivity index (χ1) is 16.4. The smallest absolute Gasteiger partial charge is 0.338 e. The molecule has 2 aliphatic heterocycles. The van der Waals surface area contributed by atoms with Gasteiger partial charge in [0, 0.05) is 30.4 Å². The Bertz CT molecular complexity index is 1130. The Kier molecular flexibility index (Phi) is 7.35. The molecule has 4 rings (SSSR count). The third kappa shape index (κ3) is 5.01. The highest BCUT2D eigenvalue weighted by Gasteiger charge is 2.37. The largest absolute Gasteiger partial charge is 0.480 e. The molecule has 2 aromatic rings. The summed E-state index contributed by atoms with van der Waals surface area (Å²) in [6, 6.07) is 2.68. The predicted octanol–water partition coefficient (Wildman–Crippen LogP) is 2.28. The zero-order valence-electron chi connectivity index (χ0n) is 18.8. The van der Waals surface area contributed by atoms with Gasteiger partial charge in [-0.25, -0.2) is 14.2 Å². The molecule has 0 radical (unpaired) electrons. The first-order valence-electron chi connectivity index (χ1n) is 10.8. The number of carboxylic acids is 1. The molecule has 1 saturated heterocycles. The first kappa shape index (κ1) is 24.0. The normalized spacial score (nSPS) is 21.1. The van der Waals surface area contributed by atoms with E-state index in [0.29, 0.717) is 40.8 Å². The second kappa shape index (κ2) is 10.4. The summed E-state index contributed by atoms with van der Waals surface area (Å²) in [5, 5.41) is 15.3. The summed E-state index contributed by atoms with van der Waals surface area (Å²) in [4.78, 5) is 35.9. The minimum Gasteiger partial charge on any atom is -0.480 e. The lowest BCUT2D eigenvalue weighted by Crippen LogP contribution is -2.52. The Morgan fingerprint density at radius 2 is 2.24 bits per heavy atom. The van der Waals surface area contributed by atoms with E-state index in [-0.39, 0.29) is 31.1 Å². The summed E-state index contributed by atoms with van der Waals surface area (Å²) in [7, 11) is 0. The number of aliphatic imine (C=N–C) groups is 1. The Hall–Kier alpha value is -3.15. The summed E-state index contributed by atoms with van der Waals surface area (Å²) in [5.41, 5.74) is 2.01. The monoisotopic (exact) mass is 488 g/mol. The van der Waals surface area contributed by atoms with Crippen LogP contribution in [0.15, 0.2) is 46.0 Å². The number of carboxylic acid groups (broad SMARTS) is 1. The van der Waals surface area contributed by atoms with Crippen molar-refractivity contribution in [2.24, 2.45) is 4.99 Å². The number of carbonyl (C=O) groups excluding carboxylic acids is 1. The fourth-order valence-electron chi connectivity index (χ4n) is 4.05. The number of ether oxygens (including phenoxy) is 2. The number of esters is 1. The SMILES string of the molecule is CCOC(=O)C1=C(CN2CCOC[C@H]2C(=O)O)NC(c2nccs2)=NC1c1ccc(F)cc1C. The number of aryl methyl sites for hydroxylation is 1. The lowest BCUT2D eigenvalue weighted by Gasteiger charge is -2.35. The van der Waals surface area contributed by atoms with Gasteiger partial charge >= 0.3 is 11.9 Å². The molecule has 2 aliphatic rings. The highest BCUT2D eigenvalue weighted by atomic mass is 32.1. The average Bonchev–Trinajstić information content (AvgIpc) is 3.34. The van der Waals surface area contributed by atoms with Crippen molar-refractivity contribution >= 4 is 29.1 Å². The van der Waals surface area contributed by atoms with Crippen LogP contribution in [0.3, 0.4) is 0 Å². The molecule has 0 aliphatic carbocycles. The molecule has 9 nitrogen and oxygen atoms in total. The molecular formula is C23H25FN4O5S. The molecule has 1 unspecified atom stereocenters. The Balaban J connectivity index is 1.83. The van der Waals surface area contributed by atoms with Crippen molar-refractivity contribution in [3.05, 3.63) is 63.0 Å². The van der Waals surface area contributed by atoms with Crippen molar-refractivity contribution in [3.8, 4) is 0 Å². The van der Waals surface area contributed by atoms with Crippen molar-refractivity contribution < 1.29 is 28.6 Å². The number of carbonyl (C=O) groups is 2. The molecule has 0 amide bonds. The Morgan fingerprint density at radius 3 is 2.91 bits per heavy atom. The molecule has 11 heteroatoms. The van der Waals surface area contributed by atoms with Gasteiger partial charge in [-0.1, -0.05) is 6.07 Å². The van der Waals surface area contributed by atoms with Gasteiger partial charge in [0.05, 0.1) is 25.4 Å². The number of aromatic nitrogens is 1. The number of halogens is 1. The topological polar surface area (TPSA) is 113 Å². The lowest BCUT2D eigenvalue weighted by atomic mass is 9.92. The highest BCUT2D eigenvalue weighted by Crippen LogP contribution is 2.35. The summed E-state index contributed by atoms with van der Waals surface area (Å²) in [6.45, 7) is 4.55. The van der Waals surface area contributed by atoms with Gasteiger partial charge in [-0.05, 0) is 37.1 Å². The summed E-state index contributed by atoms with van der Waals surface area (Å²) < 4.78 is 24.6. The lowest BCUT2D eigenvalue weighted by molar-refractivity contribution is -0.149. The zero-order valence-corrected chi connectivity index (χ0v) is 19.6. The molecule has 0 bridgehead atoms. The van der Waals surface area contributed by atoms with Gasteiger partial charge in [-0.15, -0.1) is 11.3 Å². The fraction of sp³-hybridized carbons (Fsp3) is 0.391. The minimum absolute atomic E-state index is 0.0469. The zero-order chi connectivity index (χ0) is 24.2. The van der Waals surface area contributed by atoms with Crippen molar-refractivity contribution in [2.45, 2.75) is 25.9 Å². The molecule has 1 fully saturated rings. The highest BCUT2D eigenvalue weighted by molar-refractivity contribution is 7.11. The van der Waals surface area contributed by atoms with Crippen LogP contribution in [0.1, 0.15) is 29.1 Å². The fourth-order valence-corrected chi connectivity index (χ4v) is 4.64. The van der Waals surface area contributed by atoms with Gasteiger partial charge in [0.2, 0.25) is 0 Å². The summed E-state index contributed by atoms with van der Waals surface area (Å²) >= 11 is 1.38. The van der Waals surface area contributed by atoms with Crippen LogP contribution in [0.5, 0.6) is 0 Å². The van der Waals surface area contributed by atoms with Gasteiger partial charge in [0.1, 0.15) is 17.9 Å². The van der Waals surface area contributed by atoms with Crippen LogP contribution in [0.2, 0.25) is 0 Å².